The second kappa shape index (κ2) is 7.72. The molecule has 0 saturated carbocycles. The largest absolute Gasteiger partial charge is 0.481 e. The first-order chi connectivity index (χ1) is 9.47. The monoisotopic (exact) mass is 285 g/mol. The van der Waals surface area contributed by atoms with Crippen LogP contribution in [0.5, 0.6) is 0 Å². The molecule has 20 heavy (non-hydrogen) atoms. The molecule has 1 aliphatic heterocycles. The van der Waals surface area contributed by atoms with Crippen LogP contribution in [-0.4, -0.2) is 54.1 Å². The van der Waals surface area contributed by atoms with Crippen LogP contribution < -0.4 is 10.6 Å². The number of piperidine rings is 1. The molecule has 0 aromatic carbocycles. The minimum absolute atomic E-state index is 0.0555. The smallest absolute Gasteiger partial charge is 0.317 e. The van der Waals surface area contributed by atoms with Gasteiger partial charge in [0.2, 0.25) is 5.91 Å². The Morgan fingerprint density at radius 3 is 2.65 bits per heavy atom. The number of aliphatic carboxylic acids is 1. The van der Waals surface area contributed by atoms with E-state index in [9.17, 15) is 14.4 Å². The van der Waals surface area contributed by atoms with E-state index < -0.39 is 5.97 Å². The van der Waals surface area contributed by atoms with Gasteiger partial charge in [-0.2, -0.15) is 0 Å². The summed E-state index contributed by atoms with van der Waals surface area (Å²) >= 11 is 0. The number of hydrogen-bond acceptors (Lipinski definition) is 3. The van der Waals surface area contributed by atoms with Crippen molar-refractivity contribution in [3.8, 4) is 0 Å². The van der Waals surface area contributed by atoms with Gasteiger partial charge in [0.05, 0.1) is 12.3 Å². The topological polar surface area (TPSA) is 98.7 Å². The number of amides is 3. The highest BCUT2D eigenvalue weighted by atomic mass is 16.4. The van der Waals surface area contributed by atoms with Crippen molar-refractivity contribution in [1.82, 2.24) is 15.5 Å². The lowest BCUT2D eigenvalue weighted by Crippen LogP contribution is -2.51. The van der Waals surface area contributed by atoms with Gasteiger partial charge in [-0.25, -0.2) is 4.79 Å². The molecule has 3 N–H and O–H groups in total. The van der Waals surface area contributed by atoms with Crippen molar-refractivity contribution in [3.05, 3.63) is 0 Å². The average Bonchev–Trinajstić information content (AvgIpc) is 2.45. The van der Waals surface area contributed by atoms with Crippen molar-refractivity contribution in [2.75, 3.05) is 20.1 Å². The van der Waals surface area contributed by atoms with Crippen LogP contribution in [0.25, 0.3) is 0 Å². The Morgan fingerprint density at radius 1 is 1.40 bits per heavy atom. The second-order valence-electron chi connectivity index (χ2n) is 5.05. The molecule has 1 heterocycles. The number of carbonyl (C=O) groups is 3. The van der Waals surface area contributed by atoms with Gasteiger partial charge in [-0.3, -0.25) is 9.59 Å². The lowest BCUT2D eigenvalue weighted by molar-refractivity contribution is -0.137. The molecule has 1 fully saturated rings. The van der Waals surface area contributed by atoms with Gasteiger partial charge in [0.15, 0.2) is 0 Å². The lowest BCUT2D eigenvalue weighted by Gasteiger charge is -2.32. The molecule has 0 radical (unpaired) electrons. The Kier molecular flexibility index (Phi) is 6.27. The molecular weight excluding hydrogens is 262 g/mol. The van der Waals surface area contributed by atoms with Crippen molar-refractivity contribution in [3.63, 3.8) is 0 Å². The zero-order valence-electron chi connectivity index (χ0n) is 12.0. The molecule has 0 aliphatic carbocycles. The minimum atomic E-state index is -0.931. The van der Waals surface area contributed by atoms with E-state index in [1.807, 2.05) is 6.92 Å². The highest BCUT2D eigenvalue weighted by molar-refractivity contribution is 5.81. The summed E-state index contributed by atoms with van der Waals surface area (Å²) in [4.78, 5) is 36.0. The van der Waals surface area contributed by atoms with Gasteiger partial charge in [-0.1, -0.05) is 6.92 Å². The Labute approximate surface area is 118 Å². The number of likely N-dealkylation sites (tertiary alicyclic amines) is 1. The van der Waals surface area contributed by atoms with Gasteiger partial charge in [0, 0.05) is 26.2 Å². The number of carboxylic acids is 1. The number of urea groups is 1. The Hall–Kier alpha value is -1.79. The minimum Gasteiger partial charge on any atom is -0.481 e. The molecule has 0 bridgehead atoms. The molecule has 114 valence electrons. The summed E-state index contributed by atoms with van der Waals surface area (Å²) in [5.74, 6) is -1.17. The Balaban J connectivity index is 2.53. The third-order valence-corrected chi connectivity index (χ3v) is 3.57. The molecule has 7 nitrogen and oxygen atoms in total. The van der Waals surface area contributed by atoms with E-state index in [1.165, 1.54) is 0 Å². The zero-order chi connectivity index (χ0) is 15.1. The number of nitrogens with zero attached hydrogens (tertiary/aromatic N) is 1. The van der Waals surface area contributed by atoms with E-state index >= 15 is 0 Å². The number of nitrogens with one attached hydrogen (secondary N) is 2. The Bertz CT molecular complexity index is 373. The molecule has 7 heteroatoms. The number of carbonyl (C=O) groups excluding carboxylic acids is 2. The number of rotatable bonds is 5. The maximum atomic E-state index is 12.1. The van der Waals surface area contributed by atoms with Crippen molar-refractivity contribution in [2.24, 2.45) is 5.92 Å². The van der Waals surface area contributed by atoms with Crippen LogP contribution in [0.2, 0.25) is 0 Å². The highest BCUT2D eigenvalue weighted by Gasteiger charge is 2.28. The van der Waals surface area contributed by atoms with Gasteiger partial charge in [-0.05, 0) is 19.3 Å². The maximum Gasteiger partial charge on any atom is 0.317 e. The molecule has 0 spiro atoms. The summed E-state index contributed by atoms with van der Waals surface area (Å²) in [5.41, 5.74) is 0. The third kappa shape index (κ3) is 4.71. The van der Waals surface area contributed by atoms with E-state index in [0.717, 1.165) is 12.8 Å². The normalized spacial score (nSPS) is 20.1. The number of hydrogen-bond donors (Lipinski definition) is 3. The molecule has 1 saturated heterocycles. The van der Waals surface area contributed by atoms with Crippen LogP contribution in [0.1, 0.15) is 32.6 Å². The van der Waals surface area contributed by atoms with Gasteiger partial charge in [0.25, 0.3) is 0 Å². The molecule has 3 amide bonds. The van der Waals surface area contributed by atoms with E-state index in [1.54, 1.807) is 11.9 Å². The fraction of sp³-hybridized carbons (Fsp3) is 0.769. The molecule has 0 aromatic rings. The van der Waals surface area contributed by atoms with Crippen molar-refractivity contribution < 1.29 is 19.5 Å². The standard InChI is InChI=1S/C13H23N3O4/c1-3-10(7-11(17)18)15-13(20)16-6-4-5-9(8-16)12(19)14-2/h9-10H,3-8H2,1-2H3,(H,14,19)(H,15,20)(H,17,18). The maximum absolute atomic E-state index is 12.1. The Morgan fingerprint density at radius 2 is 2.10 bits per heavy atom. The highest BCUT2D eigenvalue weighted by Crippen LogP contribution is 2.16. The summed E-state index contributed by atoms with van der Waals surface area (Å²) in [7, 11) is 1.58. The van der Waals surface area contributed by atoms with Crippen molar-refractivity contribution in [1.29, 1.82) is 0 Å². The predicted molar refractivity (Wildman–Crippen MR) is 73.2 cm³/mol. The number of carboxylic acid groups (broad SMARTS) is 1. The van der Waals surface area contributed by atoms with Gasteiger partial charge in [-0.15, -0.1) is 0 Å². The second-order valence-corrected chi connectivity index (χ2v) is 5.05. The third-order valence-electron chi connectivity index (χ3n) is 3.57. The van der Waals surface area contributed by atoms with E-state index in [0.29, 0.717) is 19.5 Å². The SMILES string of the molecule is CCC(CC(=O)O)NC(=O)N1CCCC(C(=O)NC)C1. The first-order valence-corrected chi connectivity index (χ1v) is 6.96. The summed E-state index contributed by atoms with van der Waals surface area (Å²) in [6, 6.07) is -0.660. The van der Waals surface area contributed by atoms with Crippen LogP contribution in [0.3, 0.4) is 0 Å². The predicted octanol–water partition coefficient (Wildman–Crippen LogP) is 0.407. The first kappa shape index (κ1) is 16.3. The van der Waals surface area contributed by atoms with Gasteiger partial charge >= 0.3 is 12.0 Å². The molecule has 2 atom stereocenters. The van der Waals surface area contributed by atoms with Crippen LogP contribution in [0, 0.1) is 5.92 Å². The molecule has 1 aliphatic rings. The summed E-state index contributed by atoms with van der Waals surface area (Å²) in [6.07, 6.45) is 2.02. The van der Waals surface area contributed by atoms with Crippen molar-refractivity contribution >= 4 is 17.9 Å². The fourth-order valence-electron chi connectivity index (χ4n) is 2.35. The van der Waals surface area contributed by atoms with E-state index in [2.05, 4.69) is 10.6 Å². The fourth-order valence-corrected chi connectivity index (χ4v) is 2.35. The molecule has 2 unspecified atom stereocenters. The van der Waals surface area contributed by atoms with Crippen LogP contribution in [-0.2, 0) is 9.59 Å². The average molecular weight is 285 g/mol. The molecule has 0 aromatic heterocycles. The first-order valence-electron chi connectivity index (χ1n) is 6.96. The van der Waals surface area contributed by atoms with Crippen LogP contribution >= 0.6 is 0 Å². The van der Waals surface area contributed by atoms with Crippen LogP contribution in [0.4, 0.5) is 4.79 Å². The lowest BCUT2D eigenvalue weighted by atomic mass is 9.97. The molecule has 1 rings (SSSR count). The van der Waals surface area contributed by atoms with E-state index in [-0.39, 0.29) is 30.3 Å². The summed E-state index contributed by atoms with van der Waals surface area (Å²) < 4.78 is 0. The quantitative estimate of drug-likeness (QED) is 0.681. The van der Waals surface area contributed by atoms with Crippen molar-refractivity contribution in [2.45, 2.75) is 38.6 Å². The van der Waals surface area contributed by atoms with Gasteiger partial charge in [0.1, 0.15) is 0 Å². The van der Waals surface area contributed by atoms with E-state index in [4.69, 9.17) is 5.11 Å². The summed E-state index contributed by atoms with van der Waals surface area (Å²) in [6.45, 7) is 2.81. The summed E-state index contributed by atoms with van der Waals surface area (Å²) in [5, 5.41) is 14.1. The van der Waals surface area contributed by atoms with Gasteiger partial charge < -0.3 is 20.6 Å². The van der Waals surface area contributed by atoms with Crippen LogP contribution in [0.15, 0.2) is 0 Å². The zero-order valence-corrected chi connectivity index (χ0v) is 12.0. The molecular formula is C13H23N3O4.